The molecule has 0 saturated carbocycles. The van der Waals surface area contributed by atoms with Gasteiger partial charge in [0.15, 0.2) is 0 Å². The molecule has 0 aliphatic carbocycles. The van der Waals surface area contributed by atoms with Crippen LogP contribution in [0.5, 0.6) is 0 Å². The normalized spacial score (nSPS) is 11.5. The number of hydrogen-bond acceptors (Lipinski definition) is 8. The molecule has 0 fully saturated rings. The van der Waals surface area contributed by atoms with Crippen molar-refractivity contribution in [2.45, 2.75) is 0 Å². The maximum atomic E-state index is 12.3. The van der Waals surface area contributed by atoms with Crippen molar-refractivity contribution in [1.29, 1.82) is 0 Å². The highest BCUT2D eigenvalue weighted by atomic mass is 16.4. The first-order valence-electron chi connectivity index (χ1n) is 18.7. The molecular formula is C48H24O16. The fraction of sp³-hybridized carbons (Fsp3) is 0. The van der Waals surface area contributed by atoms with E-state index in [1.165, 1.54) is 60.7 Å². The van der Waals surface area contributed by atoms with E-state index >= 15 is 0 Å². The van der Waals surface area contributed by atoms with Gasteiger partial charge in [0.2, 0.25) is 0 Å². The van der Waals surface area contributed by atoms with E-state index in [-0.39, 0.29) is 49.2 Å². The lowest BCUT2D eigenvalue weighted by Crippen LogP contribution is -2.18. The highest BCUT2D eigenvalue weighted by Crippen LogP contribution is 2.47. The van der Waals surface area contributed by atoms with E-state index in [9.17, 15) is 79.2 Å². The zero-order valence-electron chi connectivity index (χ0n) is 32.1. The van der Waals surface area contributed by atoms with Crippen LogP contribution in [0, 0.1) is 0 Å². The molecular weight excluding hydrogens is 833 g/mol. The number of carboxylic acids is 8. The second-order valence-electron chi connectivity index (χ2n) is 14.7. The van der Waals surface area contributed by atoms with Gasteiger partial charge in [0.25, 0.3) is 0 Å². The first kappa shape index (κ1) is 40.0. The minimum absolute atomic E-state index is 0.00250. The molecule has 64 heavy (non-hydrogen) atoms. The lowest BCUT2D eigenvalue weighted by Gasteiger charge is -2.20. The maximum absolute atomic E-state index is 12.3. The van der Waals surface area contributed by atoms with Gasteiger partial charge in [-0.3, -0.25) is 0 Å². The standard InChI is InChI=1S/2C24H12O8/c25-21(26)13-5-1-9-10-2-6-15(23(29)30)20-16(24(31)32)8-4-12(18(10)20)11-3-7-14(22(27)28)19(13)17(9)11;25-21(26)13-8-7-11-10-5-1-3-9-4-2-6-12(14(9)10)16-15(11)17(13)19(23(29)30)20(24(31)32)18(16)22(27)28/h2*1-8H,(H,25,26)(H,27,28)(H,29,30)(H,31,32). The zero-order chi connectivity index (χ0) is 45.8. The van der Waals surface area contributed by atoms with Gasteiger partial charge in [0.05, 0.1) is 44.5 Å². The molecule has 0 amide bonds. The highest BCUT2D eigenvalue weighted by Gasteiger charge is 2.34. The minimum Gasteiger partial charge on any atom is -0.478 e. The molecule has 0 aromatic heterocycles. The molecule has 16 nitrogen and oxygen atoms in total. The molecule has 10 aromatic carbocycles. The summed E-state index contributed by atoms with van der Waals surface area (Å²) < 4.78 is 0. The van der Waals surface area contributed by atoms with Crippen LogP contribution in [0.4, 0.5) is 0 Å². The number of carboxylic acid groups (broad SMARTS) is 8. The van der Waals surface area contributed by atoms with Crippen LogP contribution in [-0.4, -0.2) is 88.6 Å². The lowest BCUT2D eigenvalue weighted by atomic mass is 9.81. The highest BCUT2D eigenvalue weighted by molar-refractivity contribution is 6.41. The van der Waals surface area contributed by atoms with E-state index in [4.69, 9.17) is 0 Å². The van der Waals surface area contributed by atoms with Crippen molar-refractivity contribution >= 4 is 134 Å². The van der Waals surface area contributed by atoms with Gasteiger partial charge >= 0.3 is 47.8 Å². The average Bonchev–Trinajstić information content (AvgIpc) is 3.25. The Morgan fingerprint density at radius 1 is 0.234 bits per heavy atom. The van der Waals surface area contributed by atoms with Crippen LogP contribution in [-0.2, 0) is 0 Å². The third-order valence-electron chi connectivity index (χ3n) is 11.6. The summed E-state index contributed by atoms with van der Waals surface area (Å²) in [6.07, 6.45) is 0. The van der Waals surface area contributed by atoms with Crippen LogP contribution in [0.15, 0.2) is 97.1 Å². The van der Waals surface area contributed by atoms with E-state index < -0.39 is 70.0 Å². The van der Waals surface area contributed by atoms with Gasteiger partial charge in [-0.05, 0) is 89.6 Å². The molecule has 0 saturated heterocycles. The lowest BCUT2D eigenvalue weighted by molar-refractivity contribution is 0.0635. The van der Waals surface area contributed by atoms with Crippen molar-refractivity contribution in [3.8, 4) is 0 Å². The predicted octanol–water partition coefficient (Wildman–Crippen LogP) is 9.06. The van der Waals surface area contributed by atoms with Crippen molar-refractivity contribution in [2.24, 2.45) is 0 Å². The summed E-state index contributed by atoms with van der Waals surface area (Å²) >= 11 is 0. The number of rotatable bonds is 8. The summed E-state index contributed by atoms with van der Waals surface area (Å²) in [6, 6.07) is 24.6. The Hall–Kier alpha value is -9.44. The maximum Gasteiger partial charge on any atom is 0.337 e. The van der Waals surface area contributed by atoms with Crippen molar-refractivity contribution in [1.82, 2.24) is 0 Å². The third kappa shape index (κ3) is 5.49. The number of fused-ring (bicyclic) bond motifs is 4. The third-order valence-corrected chi connectivity index (χ3v) is 11.6. The van der Waals surface area contributed by atoms with Crippen LogP contribution in [0.1, 0.15) is 82.9 Å². The number of carbonyl (C=O) groups is 8. The fourth-order valence-corrected chi connectivity index (χ4v) is 9.31. The summed E-state index contributed by atoms with van der Waals surface area (Å²) in [7, 11) is 0. The van der Waals surface area contributed by atoms with Crippen LogP contribution >= 0.6 is 0 Å². The number of benzene rings is 10. The largest absolute Gasteiger partial charge is 0.478 e. The quantitative estimate of drug-likeness (QED) is 0.0522. The monoisotopic (exact) mass is 856 g/mol. The molecule has 312 valence electrons. The minimum atomic E-state index is -1.77. The van der Waals surface area contributed by atoms with Crippen molar-refractivity contribution in [3.05, 3.63) is 142 Å². The Labute approximate surface area is 353 Å². The molecule has 0 unspecified atom stereocenters. The van der Waals surface area contributed by atoms with E-state index in [0.717, 1.165) is 5.39 Å². The molecule has 0 aliphatic rings. The first-order chi connectivity index (χ1) is 30.5. The van der Waals surface area contributed by atoms with Crippen molar-refractivity contribution < 1.29 is 79.2 Å². The van der Waals surface area contributed by atoms with E-state index in [1.807, 2.05) is 12.1 Å². The Morgan fingerprint density at radius 3 is 0.875 bits per heavy atom. The van der Waals surface area contributed by atoms with Gasteiger partial charge in [0, 0.05) is 26.9 Å². The van der Waals surface area contributed by atoms with E-state index in [2.05, 4.69) is 0 Å². The van der Waals surface area contributed by atoms with E-state index in [1.54, 1.807) is 24.3 Å². The Balaban J connectivity index is 0.000000162. The molecule has 10 rings (SSSR count). The molecule has 0 spiro atoms. The van der Waals surface area contributed by atoms with Crippen molar-refractivity contribution in [2.75, 3.05) is 0 Å². The zero-order valence-corrected chi connectivity index (χ0v) is 32.1. The van der Waals surface area contributed by atoms with Crippen LogP contribution in [0.2, 0.25) is 0 Å². The number of hydrogen-bond donors (Lipinski definition) is 8. The van der Waals surface area contributed by atoms with Gasteiger partial charge in [-0.15, -0.1) is 0 Å². The van der Waals surface area contributed by atoms with Crippen LogP contribution < -0.4 is 0 Å². The SMILES string of the molecule is O=C(O)c1c(C(=O)O)c2c(C(=O)O)ccc3c4cccc5cccc(c(c1C(=O)O)c23)c54.O=C(O)c1ccc2c3ccc(C(=O)O)c4c(C(=O)O)ccc(c5ccc(C(=O)O)c1c25)c43. The van der Waals surface area contributed by atoms with Crippen molar-refractivity contribution in [3.63, 3.8) is 0 Å². The Morgan fingerprint density at radius 2 is 0.531 bits per heavy atom. The molecule has 0 atom stereocenters. The molecule has 8 N–H and O–H groups in total. The summed E-state index contributed by atoms with van der Waals surface area (Å²) in [6.45, 7) is 0. The molecule has 16 heteroatoms. The van der Waals surface area contributed by atoms with Gasteiger partial charge in [-0.25, -0.2) is 38.4 Å². The second kappa shape index (κ2) is 14.1. The van der Waals surface area contributed by atoms with Gasteiger partial charge < -0.3 is 40.9 Å². The average molecular weight is 857 g/mol. The first-order valence-corrected chi connectivity index (χ1v) is 18.7. The summed E-state index contributed by atoms with van der Waals surface area (Å²) in [5.41, 5.74) is -3.62. The second-order valence-corrected chi connectivity index (χ2v) is 14.7. The topological polar surface area (TPSA) is 298 Å². The van der Waals surface area contributed by atoms with E-state index in [0.29, 0.717) is 53.9 Å². The summed E-state index contributed by atoms with van der Waals surface area (Å²) in [4.78, 5) is 96.2. The Bertz CT molecular complexity index is 3620. The van der Waals surface area contributed by atoms with Gasteiger partial charge in [-0.1, -0.05) is 66.7 Å². The van der Waals surface area contributed by atoms with Crippen LogP contribution in [0.3, 0.4) is 0 Å². The summed E-state index contributed by atoms with van der Waals surface area (Å²) in [5, 5.41) is 83.9. The molecule has 10 aromatic rings. The molecule has 0 bridgehead atoms. The fourth-order valence-electron chi connectivity index (χ4n) is 9.31. The summed E-state index contributed by atoms with van der Waals surface area (Å²) in [5.74, 6) is -11.7. The van der Waals surface area contributed by atoms with Crippen LogP contribution in [0.25, 0.3) is 86.2 Å². The predicted molar refractivity (Wildman–Crippen MR) is 231 cm³/mol. The molecule has 0 radical (unpaired) electrons. The smallest absolute Gasteiger partial charge is 0.337 e. The Kier molecular flexibility index (Phi) is 8.79. The number of aromatic carboxylic acids is 8. The molecule has 0 heterocycles. The van der Waals surface area contributed by atoms with Gasteiger partial charge in [0.1, 0.15) is 0 Å². The van der Waals surface area contributed by atoms with Gasteiger partial charge in [-0.2, -0.15) is 0 Å². The molecule has 0 aliphatic heterocycles.